The van der Waals surface area contributed by atoms with Crippen LogP contribution in [0.2, 0.25) is 0 Å². The van der Waals surface area contributed by atoms with Crippen molar-refractivity contribution >= 4 is 33.3 Å². The van der Waals surface area contributed by atoms with E-state index in [1.165, 1.54) is 18.3 Å². The van der Waals surface area contributed by atoms with Crippen LogP contribution in [0, 0.1) is 29.9 Å². The molecule has 59 heavy (non-hydrogen) atoms. The van der Waals surface area contributed by atoms with Crippen LogP contribution in [0.15, 0.2) is 54.2 Å². The molecule has 17 heteroatoms. The Morgan fingerprint density at radius 2 is 1.95 bits per heavy atom. The second-order valence-electron chi connectivity index (χ2n) is 15.4. The van der Waals surface area contributed by atoms with Gasteiger partial charge >= 0.3 is 12.2 Å². The highest BCUT2D eigenvalue weighted by atomic mass is 19.4. The maximum atomic E-state index is 17.9. The molecule has 0 amide bonds. The molecule has 3 unspecified atom stereocenters. The summed E-state index contributed by atoms with van der Waals surface area (Å²) in [5.41, 5.74) is 1.56. The minimum absolute atomic E-state index is 0.00436. The van der Waals surface area contributed by atoms with Crippen LogP contribution < -0.4 is 20.1 Å². The number of aromatic hydroxyl groups is 1. The van der Waals surface area contributed by atoms with Gasteiger partial charge in [-0.25, -0.2) is 13.8 Å². The summed E-state index contributed by atoms with van der Waals surface area (Å²) < 4.78 is 127. The van der Waals surface area contributed by atoms with Crippen molar-refractivity contribution in [3.8, 4) is 41.0 Å². The van der Waals surface area contributed by atoms with Crippen LogP contribution in [0.4, 0.5) is 42.4 Å². The molecular formula is C42H35F7N6O4. The first-order valence-corrected chi connectivity index (χ1v) is 18.9. The number of phenolic OH excluding ortho intramolecular Hbond substituents is 1. The fourth-order valence-electron chi connectivity index (χ4n) is 9.42. The number of aromatic nitrogens is 3. The molecule has 0 bridgehead atoms. The van der Waals surface area contributed by atoms with Crippen molar-refractivity contribution in [2.75, 3.05) is 50.2 Å². The average molecular weight is 821 g/mol. The van der Waals surface area contributed by atoms with Gasteiger partial charge in [0.1, 0.15) is 46.6 Å². The minimum Gasteiger partial charge on any atom is -0.508 e. The molecular weight excluding hydrogens is 785 g/mol. The number of terminal acetylenes is 1. The van der Waals surface area contributed by atoms with Gasteiger partial charge in [-0.05, 0) is 67.9 Å². The highest BCUT2D eigenvalue weighted by Gasteiger charge is 2.50. The molecule has 306 valence electrons. The number of anilines is 2. The number of rotatable bonds is 6. The topological polar surface area (TPSA) is 119 Å². The Hall–Kier alpha value is -5.86. The van der Waals surface area contributed by atoms with Crippen molar-refractivity contribution in [2.24, 2.45) is 5.92 Å². The fraction of sp³-hybridized carbons (Fsp3) is 0.357. The van der Waals surface area contributed by atoms with E-state index in [9.17, 15) is 13.9 Å². The number of ether oxygens (including phenoxy) is 3. The molecule has 3 N–H and O–H groups in total. The van der Waals surface area contributed by atoms with Gasteiger partial charge in [-0.2, -0.15) is 31.9 Å². The predicted molar refractivity (Wildman–Crippen MR) is 203 cm³/mol. The van der Waals surface area contributed by atoms with Crippen LogP contribution in [0.5, 0.6) is 17.5 Å². The summed E-state index contributed by atoms with van der Waals surface area (Å²) in [6.07, 6.45) is 1.26. The molecule has 4 aliphatic heterocycles. The number of fused-ring (bicyclic) bond motifs is 3. The standard InChI is InChI=1S/C42H35F7N6O4/c1-3-25-28(43)8-7-21-12-24(56)13-27(30(21)25)31-33(42(47,48)49)36-32-35(34(31)44)52-40(59-19-41-9-5-11-54(41)15-22(14-41)37(45)46)53-39(32)55(29-18-57-16-23(29)17-58-36)20(2)26-6-4-10-51-38(26)50/h1,4,6-8,10,12-13,20,23,29,56H,5,9,11,14-19H2,2H3,(H2,50,51)/t20?,23?,29?,41-/m0/s1. The molecule has 4 aliphatic rings. The maximum absolute atomic E-state index is 17.9. The maximum Gasteiger partial charge on any atom is 0.420 e. The number of halogens is 7. The highest BCUT2D eigenvalue weighted by molar-refractivity contribution is 6.07. The number of phenols is 1. The largest absolute Gasteiger partial charge is 0.508 e. The summed E-state index contributed by atoms with van der Waals surface area (Å²) in [7, 11) is 0. The predicted octanol–water partition coefficient (Wildman–Crippen LogP) is 8.15. The molecule has 6 heterocycles. The third-order valence-corrected chi connectivity index (χ3v) is 12.1. The van der Waals surface area contributed by atoms with Crippen LogP contribution in [-0.4, -0.2) is 76.1 Å². The molecule has 2 aromatic heterocycles. The Balaban J connectivity index is 1.36. The Morgan fingerprint density at radius 3 is 2.69 bits per heavy atom. The van der Waals surface area contributed by atoms with Gasteiger partial charge in [0.15, 0.2) is 5.82 Å². The van der Waals surface area contributed by atoms with Gasteiger partial charge in [-0.1, -0.05) is 18.1 Å². The van der Waals surface area contributed by atoms with Crippen LogP contribution >= 0.6 is 0 Å². The summed E-state index contributed by atoms with van der Waals surface area (Å²) in [6.45, 7) is 1.96. The zero-order valence-electron chi connectivity index (χ0n) is 31.3. The number of nitrogens with zero attached hydrogens (tertiary/aromatic N) is 5. The molecule has 3 saturated heterocycles. The van der Waals surface area contributed by atoms with E-state index in [0.717, 1.165) is 12.1 Å². The third-order valence-electron chi connectivity index (χ3n) is 12.1. The van der Waals surface area contributed by atoms with Gasteiger partial charge in [0.25, 0.3) is 6.08 Å². The zero-order chi connectivity index (χ0) is 41.5. The van der Waals surface area contributed by atoms with E-state index < -0.39 is 98.1 Å². The molecule has 0 spiro atoms. The van der Waals surface area contributed by atoms with E-state index in [-0.39, 0.29) is 67.4 Å². The summed E-state index contributed by atoms with van der Waals surface area (Å²) in [6, 6.07) is 5.77. The van der Waals surface area contributed by atoms with E-state index in [2.05, 4.69) is 15.9 Å². The third kappa shape index (κ3) is 6.22. The van der Waals surface area contributed by atoms with Crippen LogP contribution in [0.25, 0.3) is 32.8 Å². The summed E-state index contributed by atoms with van der Waals surface area (Å²) in [5, 5.41) is 10.1. The van der Waals surface area contributed by atoms with E-state index >= 15 is 22.0 Å². The number of hydrogen-bond donors (Lipinski definition) is 2. The Kier molecular flexibility index (Phi) is 9.27. The Morgan fingerprint density at radius 1 is 1.14 bits per heavy atom. The molecule has 0 saturated carbocycles. The van der Waals surface area contributed by atoms with E-state index in [4.69, 9.17) is 31.4 Å². The normalized spacial score (nSPS) is 22.2. The van der Waals surface area contributed by atoms with Crippen molar-refractivity contribution in [1.82, 2.24) is 19.9 Å². The number of hydrogen-bond acceptors (Lipinski definition) is 10. The Bertz CT molecular complexity index is 2630. The average Bonchev–Trinajstić information content (AvgIpc) is 3.91. The second-order valence-corrected chi connectivity index (χ2v) is 15.4. The first-order chi connectivity index (χ1) is 28.2. The van der Waals surface area contributed by atoms with Gasteiger partial charge in [0.2, 0.25) is 0 Å². The quantitative estimate of drug-likeness (QED) is 0.128. The van der Waals surface area contributed by atoms with Crippen LogP contribution in [0.1, 0.15) is 48.9 Å². The molecule has 0 radical (unpaired) electrons. The van der Waals surface area contributed by atoms with E-state index in [0.29, 0.717) is 24.9 Å². The smallest absolute Gasteiger partial charge is 0.420 e. The van der Waals surface area contributed by atoms with Crippen molar-refractivity contribution in [2.45, 2.75) is 50.0 Å². The molecule has 9 rings (SSSR count). The number of benzene rings is 3. The molecule has 3 fully saturated rings. The minimum atomic E-state index is -5.34. The number of nitrogen functional groups attached to an aromatic ring is 1. The molecule has 3 aromatic carbocycles. The number of nitrogens with two attached hydrogens (primary N) is 1. The van der Waals surface area contributed by atoms with Crippen molar-refractivity contribution in [1.29, 1.82) is 0 Å². The van der Waals surface area contributed by atoms with E-state index in [1.54, 1.807) is 24.0 Å². The highest BCUT2D eigenvalue weighted by Crippen LogP contribution is 2.54. The summed E-state index contributed by atoms with van der Waals surface area (Å²) in [5.74, 6) is -2.32. The van der Waals surface area contributed by atoms with Gasteiger partial charge in [0, 0.05) is 40.7 Å². The lowest BCUT2D eigenvalue weighted by atomic mass is 9.88. The summed E-state index contributed by atoms with van der Waals surface area (Å²) >= 11 is 0. The molecule has 4 atom stereocenters. The van der Waals surface area contributed by atoms with Crippen LogP contribution in [-0.2, 0) is 10.9 Å². The molecule has 0 aliphatic carbocycles. The Labute approximate surface area is 332 Å². The lowest BCUT2D eigenvalue weighted by Crippen LogP contribution is -2.46. The first-order valence-electron chi connectivity index (χ1n) is 18.9. The van der Waals surface area contributed by atoms with E-state index in [1.807, 2.05) is 4.90 Å². The van der Waals surface area contributed by atoms with Crippen molar-refractivity contribution in [3.63, 3.8) is 0 Å². The lowest BCUT2D eigenvalue weighted by molar-refractivity contribution is -0.138. The summed E-state index contributed by atoms with van der Waals surface area (Å²) in [4.78, 5) is 16.9. The monoisotopic (exact) mass is 820 g/mol. The lowest BCUT2D eigenvalue weighted by Gasteiger charge is -2.40. The van der Waals surface area contributed by atoms with Gasteiger partial charge in [0.05, 0.1) is 48.4 Å². The van der Waals surface area contributed by atoms with Gasteiger partial charge in [-0.3, -0.25) is 4.90 Å². The van der Waals surface area contributed by atoms with Crippen LogP contribution in [0.3, 0.4) is 0 Å². The number of alkyl halides is 3. The van der Waals surface area contributed by atoms with Gasteiger partial charge in [-0.15, -0.1) is 6.42 Å². The molecule has 10 nitrogen and oxygen atoms in total. The van der Waals surface area contributed by atoms with Gasteiger partial charge < -0.3 is 30.0 Å². The fourth-order valence-corrected chi connectivity index (χ4v) is 9.42. The number of pyridine rings is 1. The second kappa shape index (κ2) is 14.2. The SMILES string of the molecule is C#Cc1c(F)ccc2cc(O)cc(-c3c(C(F)(F)F)c4c5c(nc(OC[C@@]67CCCN6CC(=C(F)F)C7)nc5c3F)N(C(C)c3cccnc3N)C3COCC3CO4)c12. The molecule has 5 aromatic rings. The van der Waals surface area contributed by atoms with Crippen molar-refractivity contribution < 1.29 is 50.1 Å². The van der Waals surface area contributed by atoms with Crippen molar-refractivity contribution in [3.05, 3.63) is 82.6 Å². The zero-order valence-corrected chi connectivity index (χ0v) is 31.3. The first kappa shape index (κ1) is 38.6.